The van der Waals surface area contributed by atoms with Gasteiger partial charge in [0.25, 0.3) is 5.56 Å². The van der Waals surface area contributed by atoms with Crippen molar-refractivity contribution in [1.82, 2.24) is 19.2 Å². The number of halogens is 2. The fourth-order valence-corrected chi connectivity index (χ4v) is 4.36. The number of pyridine rings is 1. The standard InChI is InChI=1S/C25H25FN4O2.ClH/c1-32-21-5-6-22(23(26)16-21)18-8-11-29(25(31)15-18)20-4-7-24-19(14-20)17-27-30(24)13-12-28-9-2-3-10-28;/h4-8,11,14-17H,2-3,9-10,12-13H2,1H3;1H. The van der Waals surface area contributed by atoms with Gasteiger partial charge in [0.05, 0.1) is 25.4 Å². The van der Waals surface area contributed by atoms with Gasteiger partial charge in [-0.1, -0.05) is 0 Å². The van der Waals surface area contributed by atoms with E-state index < -0.39 is 5.82 Å². The van der Waals surface area contributed by atoms with E-state index >= 15 is 0 Å². The van der Waals surface area contributed by atoms with E-state index in [1.807, 2.05) is 29.1 Å². The molecule has 6 nitrogen and oxygen atoms in total. The largest absolute Gasteiger partial charge is 0.497 e. The molecule has 4 aromatic rings. The fraction of sp³-hybridized carbons (Fsp3) is 0.280. The van der Waals surface area contributed by atoms with Gasteiger partial charge in [0.1, 0.15) is 11.6 Å². The minimum atomic E-state index is -0.427. The number of ether oxygens (including phenoxy) is 1. The van der Waals surface area contributed by atoms with Crippen molar-refractivity contribution < 1.29 is 9.13 Å². The predicted molar refractivity (Wildman–Crippen MR) is 130 cm³/mol. The quantitative estimate of drug-likeness (QED) is 0.417. The molecule has 172 valence electrons. The molecule has 0 radical (unpaired) electrons. The van der Waals surface area contributed by atoms with Crippen LogP contribution in [-0.4, -0.2) is 46.0 Å². The van der Waals surface area contributed by atoms with Gasteiger partial charge in [-0.25, -0.2) is 4.39 Å². The summed E-state index contributed by atoms with van der Waals surface area (Å²) >= 11 is 0. The second-order valence-electron chi connectivity index (χ2n) is 8.13. The molecule has 1 saturated heterocycles. The first-order chi connectivity index (χ1) is 15.6. The predicted octanol–water partition coefficient (Wildman–Crippen LogP) is 4.52. The van der Waals surface area contributed by atoms with E-state index in [0.717, 1.165) is 29.7 Å². The number of rotatable bonds is 6. The molecule has 0 saturated carbocycles. The molecule has 5 rings (SSSR count). The van der Waals surface area contributed by atoms with Crippen molar-refractivity contribution in [1.29, 1.82) is 0 Å². The normalized spacial score (nSPS) is 13.9. The van der Waals surface area contributed by atoms with Crippen LogP contribution in [0.2, 0.25) is 0 Å². The molecule has 2 aromatic carbocycles. The maximum atomic E-state index is 14.4. The summed E-state index contributed by atoms with van der Waals surface area (Å²) in [6, 6.07) is 13.7. The van der Waals surface area contributed by atoms with Crippen LogP contribution in [-0.2, 0) is 6.54 Å². The molecule has 2 aromatic heterocycles. The molecule has 0 aliphatic carbocycles. The molecule has 8 heteroatoms. The van der Waals surface area contributed by atoms with Crippen LogP contribution in [0.5, 0.6) is 5.75 Å². The molecule has 1 aliphatic rings. The molecule has 0 N–H and O–H groups in total. The zero-order valence-corrected chi connectivity index (χ0v) is 19.2. The summed E-state index contributed by atoms with van der Waals surface area (Å²) < 4.78 is 23.0. The Morgan fingerprint density at radius 1 is 1.03 bits per heavy atom. The molecule has 0 bridgehead atoms. The Morgan fingerprint density at radius 3 is 2.58 bits per heavy atom. The van der Waals surface area contributed by atoms with Gasteiger partial charge in [-0.15, -0.1) is 12.4 Å². The smallest absolute Gasteiger partial charge is 0.255 e. The number of benzene rings is 2. The lowest BCUT2D eigenvalue weighted by atomic mass is 10.1. The zero-order valence-electron chi connectivity index (χ0n) is 18.4. The molecule has 1 aliphatic heterocycles. The molecule has 1 fully saturated rings. The SMILES string of the molecule is COc1ccc(-c2ccn(-c3ccc4c(cnn4CCN4CCCC4)c3)c(=O)c2)c(F)c1.Cl. The van der Waals surface area contributed by atoms with Crippen LogP contribution >= 0.6 is 12.4 Å². The van der Waals surface area contributed by atoms with Crippen LogP contribution < -0.4 is 10.3 Å². The van der Waals surface area contributed by atoms with Gasteiger partial charge in [0, 0.05) is 41.5 Å². The van der Waals surface area contributed by atoms with Crippen LogP contribution in [0.15, 0.2) is 65.7 Å². The van der Waals surface area contributed by atoms with Crippen molar-refractivity contribution >= 4 is 23.3 Å². The van der Waals surface area contributed by atoms with Crippen molar-refractivity contribution in [3.63, 3.8) is 0 Å². The van der Waals surface area contributed by atoms with Crippen LogP contribution in [0.25, 0.3) is 27.7 Å². The molecule has 0 unspecified atom stereocenters. The monoisotopic (exact) mass is 468 g/mol. The van der Waals surface area contributed by atoms with Crippen molar-refractivity contribution in [2.75, 3.05) is 26.7 Å². The molecule has 3 heterocycles. The van der Waals surface area contributed by atoms with E-state index in [4.69, 9.17) is 4.74 Å². The van der Waals surface area contributed by atoms with E-state index in [2.05, 4.69) is 10.00 Å². The Hall–Kier alpha value is -3.16. The zero-order chi connectivity index (χ0) is 22.1. The highest BCUT2D eigenvalue weighted by Crippen LogP contribution is 2.26. The van der Waals surface area contributed by atoms with Crippen LogP contribution in [0, 0.1) is 5.82 Å². The van der Waals surface area contributed by atoms with E-state index in [-0.39, 0.29) is 18.0 Å². The molecule has 0 atom stereocenters. The van der Waals surface area contributed by atoms with Gasteiger partial charge in [0.15, 0.2) is 0 Å². The molecule has 0 spiro atoms. The van der Waals surface area contributed by atoms with Gasteiger partial charge >= 0.3 is 0 Å². The topological polar surface area (TPSA) is 52.3 Å². The van der Waals surface area contributed by atoms with Crippen molar-refractivity contribution in [3.8, 4) is 22.6 Å². The van der Waals surface area contributed by atoms with Crippen LogP contribution in [0.3, 0.4) is 0 Å². The Balaban J connectivity index is 0.00000259. The number of hydrogen-bond donors (Lipinski definition) is 0. The van der Waals surface area contributed by atoms with E-state index in [9.17, 15) is 9.18 Å². The summed E-state index contributed by atoms with van der Waals surface area (Å²) in [5, 5.41) is 5.53. The highest BCUT2D eigenvalue weighted by Gasteiger charge is 2.13. The van der Waals surface area contributed by atoms with Crippen molar-refractivity contribution in [2.24, 2.45) is 0 Å². The van der Waals surface area contributed by atoms with Gasteiger partial charge in [-0.05, 0) is 67.9 Å². The van der Waals surface area contributed by atoms with Gasteiger partial charge < -0.3 is 9.64 Å². The Morgan fingerprint density at radius 2 is 1.85 bits per heavy atom. The average molecular weight is 469 g/mol. The number of hydrogen-bond acceptors (Lipinski definition) is 4. The fourth-order valence-electron chi connectivity index (χ4n) is 4.36. The first-order valence-corrected chi connectivity index (χ1v) is 10.9. The second kappa shape index (κ2) is 9.77. The summed E-state index contributed by atoms with van der Waals surface area (Å²) in [5.41, 5.74) is 2.48. The maximum Gasteiger partial charge on any atom is 0.255 e. The lowest BCUT2D eigenvalue weighted by Gasteiger charge is -2.14. The number of methoxy groups -OCH3 is 1. The molecule has 0 amide bonds. The Labute approximate surface area is 197 Å². The highest BCUT2D eigenvalue weighted by atomic mass is 35.5. The number of nitrogens with zero attached hydrogens (tertiary/aromatic N) is 4. The second-order valence-corrected chi connectivity index (χ2v) is 8.13. The lowest BCUT2D eigenvalue weighted by molar-refractivity contribution is 0.318. The summed E-state index contributed by atoms with van der Waals surface area (Å²) in [6.07, 6.45) is 6.08. The van der Waals surface area contributed by atoms with E-state index in [1.165, 1.54) is 45.2 Å². The highest BCUT2D eigenvalue weighted by molar-refractivity contribution is 5.85. The van der Waals surface area contributed by atoms with Crippen LogP contribution in [0.1, 0.15) is 12.8 Å². The maximum absolute atomic E-state index is 14.4. The van der Waals surface area contributed by atoms with Gasteiger partial charge in [0.2, 0.25) is 0 Å². The summed E-state index contributed by atoms with van der Waals surface area (Å²) in [4.78, 5) is 15.3. The van der Waals surface area contributed by atoms with Gasteiger partial charge in [-0.2, -0.15) is 5.10 Å². The third kappa shape index (κ3) is 4.65. The van der Waals surface area contributed by atoms with Crippen molar-refractivity contribution in [2.45, 2.75) is 19.4 Å². The van der Waals surface area contributed by atoms with E-state index in [0.29, 0.717) is 16.9 Å². The molecule has 33 heavy (non-hydrogen) atoms. The molecular formula is C25H26ClFN4O2. The third-order valence-corrected chi connectivity index (χ3v) is 6.14. The third-order valence-electron chi connectivity index (χ3n) is 6.14. The summed E-state index contributed by atoms with van der Waals surface area (Å²) in [5.74, 6) is 0.0122. The van der Waals surface area contributed by atoms with Crippen LogP contribution in [0.4, 0.5) is 4.39 Å². The first kappa shape index (κ1) is 23.0. The lowest BCUT2D eigenvalue weighted by Crippen LogP contribution is -2.24. The summed E-state index contributed by atoms with van der Waals surface area (Å²) in [7, 11) is 1.49. The van der Waals surface area contributed by atoms with E-state index in [1.54, 1.807) is 29.0 Å². The first-order valence-electron chi connectivity index (χ1n) is 10.9. The van der Waals surface area contributed by atoms with Gasteiger partial charge in [-0.3, -0.25) is 14.0 Å². The molecular weight excluding hydrogens is 443 g/mol. The Kier molecular flexibility index (Phi) is 6.81. The number of fused-ring (bicyclic) bond motifs is 1. The Bertz CT molecular complexity index is 1330. The van der Waals surface area contributed by atoms with Crippen molar-refractivity contribution in [3.05, 3.63) is 77.1 Å². The average Bonchev–Trinajstić information content (AvgIpc) is 3.47. The number of aromatic nitrogens is 3. The minimum absolute atomic E-state index is 0. The minimum Gasteiger partial charge on any atom is -0.497 e. The summed E-state index contributed by atoms with van der Waals surface area (Å²) in [6.45, 7) is 4.19. The number of likely N-dealkylation sites (tertiary alicyclic amines) is 1.